The van der Waals surface area contributed by atoms with Crippen LogP contribution in [-0.4, -0.2) is 10.2 Å². The average molecular weight is 226 g/mol. The molecule has 0 fully saturated rings. The van der Waals surface area contributed by atoms with Crippen molar-refractivity contribution in [2.45, 2.75) is 38.5 Å². The lowest BCUT2D eigenvalue weighted by atomic mass is 9.79. The van der Waals surface area contributed by atoms with Crippen LogP contribution in [0, 0.1) is 0 Å². The Labute approximate surface area is 102 Å². The second-order valence-corrected chi connectivity index (χ2v) is 5.37. The van der Waals surface area contributed by atoms with Gasteiger partial charge in [0.25, 0.3) is 0 Å². The molecule has 0 saturated carbocycles. The van der Waals surface area contributed by atoms with Crippen LogP contribution >= 0.6 is 0 Å². The van der Waals surface area contributed by atoms with Crippen molar-refractivity contribution in [3.8, 4) is 0 Å². The third-order valence-corrected chi connectivity index (χ3v) is 3.89. The van der Waals surface area contributed by atoms with E-state index < -0.39 is 0 Å². The van der Waals surface area contributed by atoms with E-state index in [9.17, 15) is 0 Å². The van der Waals surface area contributed by atoms with Crippen LogP contribution in [0.2, 0.25) is 0 Å². The first-order chi connectivity index (χ1) is 8.19. The third kappa shape index (κ3) is 1.59. The average Bonchev–Trinajstić information content (AvgIpc) is 2.91. The molecule has 0 unspecified atom stereocenters. The van der Waals surface area contributed by atoms with Crippen LogP contribution in [0.5, 0.6) is 0 Å². The fourth-order valence-corrected chi connectivity index (χ4v) is 2.83. The van der Waals surface area contributed by atoms with Gasteiger partial charge in [-0.3, -0.25) is 5.10 Å². The molecule has 1 heterocycles. The standard InChI is InChI=1S/C15H18N2/c1-15(2,11-7-4-3-5-8-11)14-12-9-6-10-13(12)16-17-14/h3-5,7-8H,6,9-10H2,1-2H3,(H,16,17). The molecule has 1 aromatic heterocycles. The molecule has 0 spiro atoms. The highest BCUT2D eigenvalue weighted by molar-refractivity contribution is 5.41. The molecule has 1 aromatic carbocycles. The number of hydrogen-bond donors (Lipinski definition) is 1. The number of aromatic nitrogens is 2. The summed E-state index contributed by atoms with van der Waals surface area (Å²) < 4.78 is 0. The summed E-state index contributed by atoms with van der Waals surface area (Å²) in [7, 11) is 0. The maximum atomic E-state index is 4.56. The van der Waals surface area contributed by atoms with E-state index in [2.05, 4.69) is 54.4 Å². The van der Waals surface area contributed by atoms with E-state index in [4.69, 9.17) is 0 Å². The molecule has 0 aliphatic heterocycles. The molecule has 0 saturated heterocycles. The van der Waals surface area contributed by atoms with Gasteiger partial charge in [0.05, 0.1) is 5.69 Å². The highest BCUT2D eigenvalue weighted by Gasteiger charge is 2.31. The second kappa shape index (κ2) is 3.73. The Bertz CT molecular complexity index is 523. The molecule has 3 rings (SSSR count). The fraction of sp³-hybridized carbons (Fsp3) is 0.400. The van der Waals surface area contributed by atoms with E-state index in [1.54, 1.807) is 0 Å². The van der Waals surface area contributed by atoms with Crippen molar-refractivity contribution in [3.05, 3.63) is 52.8 Å². The number of aryl methyl sites for hydroxylation is 1. The van der Waals surface area contributed by atoms with E-state index in [1.807, 2.05) is 0 Å². The van der Waals surface area contributed by atoms with E-state index in [0.717, 1.165) is 6.42 Å². The van der Waals surface area contributed by atoms with Crippen molar-refractivity contribution in [1.29, 1.82) is 0 Å². The van der Waals surface area contributed by atoms with Crippen molar-refractivity contribution < 1.29 is 0 Å². The maximum Gasteiger partial charge on any atom is 0.0756 e. The first kappa shape index (κ1) is 10.6. The highest BCUT2D eigenvalue weighted by Crippen LogP contribution is 2.36. The van der Waals surface area contributed by atoms with Crippen molar-refractivity contribution >= 4 is 0 Å². The molecule has 2 aromatic rings. The zero-order chi connectivity index (χ0) is 11.9. The second-order valence-electron chi connectivity index (χ2n) is 5.37. The molecular weight excluding hydrogens is 208 g/mol. The van der Waals surface area contributed by atoms with Gasteiger partial charge >= 0.3 is 0 Å². The number of benzene rings is 1. The van der Waals surface area contributed by atoms with Gasteiger partial charge in [-0.25, -0.2) is 0 Å². The predicted octanol–water partition coefficient (Wildman–Crippen LogP) is 3.22. The highest BCUT2D eigenvalue weighted by atomic mass is 15.1. The van der Waals surface area contributed by atoms with Gasteiger partial charge in [0.2, 0.25) is 0 Å². The summed E-state index contributed by atoms with van der Waals surface area (Å²) in [5, 5.41) is 7.77. The lowest BCUT2D eigenvalue weighted by molar-refractivity contribution is 0.604. The summed E-state index contributed by atoms with van der Waals surface area (Å²) in [6, 6.07) is 10.6. The van der Waals surface area contributed by atoms with Crippen molar-refractivity contribution in [2.24, 2.45) is 0 Å². The van der Waals surface area contributed by atoms with Crippen LogP contribution in [0.15, 0.2) is 30.3 Å². The smallest absolute Gasteiger partial charge is 0.0756 e. The number of aromatic amines is 1. The molecule has 0 amide bonds. The summed E-state index contributed by atoms with van der Waals surface area (Å²) in [5.74, 6) is 0. The Hall–Kier alpha value is -1.57. The number of hydrogen-bond acceptors (Lipinski definition) is 1. The molecular formula is C15H18N2. The van der Waals surface area contributed by atoms with Crippen LogP contribution in [0.25, 0.3) is 0 Å². The van der Waals surface area contributed by atoms with Gasteiger partial charge < -0.3 is 0 Å². The number of H-pyrrole nitrogens is 1. The summed E-state index contributed by atoms with van der Waals surface area (Å²) in [4.78, 5) is 0. The molecule has 0 atom stereocenters. The Kier molecular flexibility index (Phi) is 2.32. The number of nitrogens with one attached hydrogen (secondary N) is 1. The van der Waals surface area contributed by atoms with Gasteiger partial charge in [0, 0.05) is 11.1 Å². The molecule has 1 aliphatic carbocycles. The first-order valence-corrected chi connectivity index (χ1v) is 6.32. The minimum absolute atomic E-state index is 0.00428. The molecule has 88 valence electrons. The Morgan fingerprint density at radius 1 is 1.12 bits per heavy atom. The topological polar surface area (TPSA) is 28.7 Å². The zero-order valence-electron chi connectivity index (χ0n) is 10.5. The Morgan fingerprint density at radius 3 is 2.65 bits per heavy atom. The van der Waals surface area contributed by atoms with Crippen LogP contribution in [0.1, 0.15) is 42.8 Å². The quantitative estimate of drug-likeness (QED) is 0.836. The summed E-state index contributed by atoms with van der Waals surface area (Å²) in [6.45, 7) is 4.52. The summed E-state index contributed by atoms with van der Waals surface area (Å²) in [6.07, 6.45) is 3.60. The number of fused-ring (bicyclic) bond motifs is 1. The van der Waals surface area contributed by atoms with Crippen LogP contribution < -0.4 is 0 Å². The van der Waals surface area contributed by atoms with Gasteiger partial charge in [0.15, 0.2) is 0 Å². The molecule has 2 heteroatoms. The van der Waals surface area contributed by atoms with Crippen LogP contribution in [-0.2, 0) is 18.3 Å². The lowest BCUT2D eigenvalue weighted by Crippen LogP contribution is -2.21. The monoisotopic (exact) mass is 226 g/mol. The number of rotatable bonds is 2. The first-order valence-electron chi connectivity index (χ1n) is 6.32. The van der Waals surface area contributed by atoms with Crippen LogP contribution in [0.4, 0.5) is 0 Å². The minimum Gasteiger partial charge on any atom is -0.282 e. The van der Waals surface area contributed by atoms with Gasteiger partial charge in [-0.05, 0) is 30.4 Å². The third-order valence-electron chi connectivity index (χ3n) is 3.89. The molecule has 17 heavy (non-hydrogen) atoms. The van der Waals surface area contributed by atoms with E-state index in [-0.39, 0.29) is 5.41 Å². The van der Waals surface area contributed by atoms with Crippen molar-refractivity contribution in [2.75, 3.05) is 0 Å². The van der Waals surface area contributed by atoms with Gasteiger partial charge in [0.1, 0.15) is 0 Å². The van der Waals surface area contributed by atoms with Crippen molar-refractivity contribution in [3.63, 3.8) is 0 Å². The summed E-state index contributed by atoms with van der Waals surface area (Å²) in [5.41, 5.74) is 5.37. The molecule has 1 aliphatic rings. The normalized spacial score (nSPS) is 14.9. The van der Waals surface area contributed by atoms with E-state index in [0.29, 0.717) is 0 Å². The van der Waals surface area contributed by atoms with Gasteiger partial charge in [-0.1, -0.05) is 44.2 Å². The van der Waals surface area contributed by atoms with Crippen LogP contribution in [0.3, 0.4) is 0 Å². The molecule has 2 nitrogen and oxygen atoms in total. The molecule has 0 bridgehead atoms. The van der Waals surface area contributed by atoms with E-state index >= 15 is 0 Å². The summed E-state index contributed by atoms with van der Waals surface area (Å²) >= 11 is 0. The van der Waals surface area contributed by atoms with Gasteiger partial charge in [-0.15, -0.1) is 0 Å². The molecule has 0 radical (unpaired) electrons. The lowest BCUT2D eigenvalue weighted by Gasteiger charge is -2.24. The largest absolute Gasteiger partial charge is 0.282 e. The minimum atomic E-state index is -0.00428. The number of nitrogens with zero attached hydrogens (tertiary/aromatic N) is 1. The fourth-order valence-electron chi connectivity index (χ4n) is 2.83. The van der Waals surface area contributed by atoms with E-state index in [1.165, 1.54) is 35.4 Å². The maximum absolute atomic E-state index is 4.56. The predicted molar refractivity (Wildman–Crippen MR) is 69.2 cm³/mol. The molecule has 1 N–H and O–H groups in total. The zero-order valence-corrected chi connectivity index (χ0v) is 10.5. The Morgan fingerprint density at radius 2 is 1.88 bits per heavy atom. The SMILES string of the molecule is CC(C)(c1ccccc1)c1n[nH]c2c1CCC2. The van der Waals surface area contributed by atoms with Crippen molar-refractivity contribution in [1.82, 2.24) is 10.2 Å². The van der Waals surface area contributed by atoms with Gasteiger partial charge in [-0.2, -0.15) is 5.10 Å². The Balaban J connectivity index is 2.08.